The van der Waals surface area contributed by atoms with Crippen LogP contribution in [0.15, 0.2) is 29.2 Å². The number of carboxylic acid groups (broad SMARTS) is 1. The summed E-state index contributed by atoms with van der Waals surface area (Å²) in [5, 5.41) is 12.2. The Morgan fingerprint density at radius 3 is 2.42 bits per heavy atom. The highest BCUT2D eigenvalue weighted by molar-refractivity contribution is 8.00. The van der Waals surface area contributed by atoms with E-state index in [4.69, 9.17) is 16.7 Å². The van der Waals surface area contributed by atoms with Crippen molar-refractivity contribution >= 4 is 35.2 Å². The first-order valence-corrected chi connectivity index (χ1v) is 7.06. The predicted octanol–water partition coefficient (Wildman–Crippen LogP) is 2.66. The van der Waals surface area contributed by atoms with Crippen LogP contribution in [0.1, 0.15) is 13.8 Å². The molecule has 0 atom stereocenters. The first-order valence-electron chi connectivity index (χ1n) is 5.70. The van der Waals surface area contributed by atoms with E-state index in [-0.39, 0.29) is 18.2 Å². The Morgan fingerprint density at radius 1 is 1.32 bits per heavy atom. The number of aliphatic carboxylic acids is 1. The lowest BCUT2D eigenvalue weighted by Crippen LogP contribution is -2.39. The molecule has 1 aromatic rings. The summed E-state index contributed by atoms with van der Waals surface area (Å²) >= 11 is 7.14. The van der Waals surface area contributed by atoms with Gasteiger partial charge in [-0.3, -0.25) is 9.59 Å². The molecular weight excluding hydrogens is 286 g/mol. The minimum absolute atomic E-state index is 0.113. The van der Waals surface area contributed by atoms with E-state index >= 15 is 0 Å². The van der Waals surface area contributed by atoms with Crippen LogP contribution in [0.5, 0.6) is 0 Å². The lowest BCUT2D eigenvalue weighted by molar-refractivity contribution is -0.146. The van der Waals surface area contributed by atoms with Gasteiger partial charge in [-0.1, -0.05) is 11.6 Å². The molecule has 0 aliphatic heterocycles. The number of carbonyl (C=O) groups is 2. The first kappa shape index (κ1) is 15.9. The lowest BCUT2D eigenvalue weighted by Gasteiger charge is -2.19. The average molecular weight is 302 g/mol. The summed E-state index contributed by atoms with van der Waals surface area (Å²) in [5.41, 5.74) is -0.958. The van der Waals surface area contributed by atoms with Gasteiger partial charge in [-0.25, -0.2) is 0 Å². The van der Waals surface area contributed by atoms with Crippen molar-refractivity contribution in [3.8, 4) is 0 Å². The molecule has 0 saturated heterocycles. The van der Waals surface area contributed by atoms with Gasteiger partial charge < -0.3 is 10.4 Å². The van der Waals surface area contributed by atoms with Gasteiger partial charge in [0.25, 0.3) is 0 Å². The molecule has 0 spiro atoms. The molecule has 0 bridgehead atoms. The molecule has 0 fully saturated rings. The van der Waals surface area contributed by atoms with Gasteiger partial charge >= 0.3 is 5.97 Å². The Balaban J connectivity index is 2.36. The van der Waals surface area contributed by atoms with Crippen molar-refractivity contribution in [1.82, 2.24) is 5.32 Å². The second-order valence-corrected chi connectivity index (χ2v) is 6.19. The van der Waals surface area contributed by atoms with Gasteiger partial charge in [0.2, 0.25) is 5.91 Å². The fourth-order valence-corrected chi connectivity index (χ4v) is 1.98. The van der Waals surface area contributed by atoms with Crippen LogP contribution in [0.4, 0.5) is 0 Å². The predicted molar refractivity (Wildman–Crippen MR) is 76.6 cm³/mol. The van der Waals surface area contributed by atoms with E-state index in [1.165, 1.54) is 11.8 Å². The van der Waals surface area contributed by atoms with E-state index in [0.29, 0.717) is 5.02 Å². The zero-order valence-electron chi connectivity index (χ0n) is 10.8. The maximum atomic E-state index is 11.6. The third-order valence-corrected chi connectivity index (χ3v) is 3.75. The molecule has 0 heterocycles. The normalized spacial score (nSPS) is 11.1. The third kappa shape index (κ3) is 5.53. The third-order valence-electron chi connectivity index (χ3n) is 2.49. The van der Waals surface area contributed by atoms with Gasteiger partial charge in [0.1, 0.15) is 0 Å². The molecule has 0 saturated carbocycles. The number of amides is 1. The van der Waals surface area contributed by atoms with E-state index in [0.717, 1.165) is 4.90 Å². The number of benzene rings is 1. The van der Waals surface area contributed by atoms with Gasteiger partial charge in [-0.2, -0.15) is 0 Å². The van der Waals surface area contributed by atoms with Crippen LogP contribution in [-0.4, -0.2) is 29.3 Å². The standard InChI is InChI=1S/C13H16ClNO3S/c1-13(2,12(17)18)8-15-11(16)7-19-10-5-3-9(14)4-6-10/h3-6H,7-8H2,1-2H3,(H,15,16)(H,17,18). The van der Waals surface area contributed by atoms with Gasteiger partial charge in [0, 0.05) is 16.5 Å². The minimum atomic E-state index is -0.958. The molecule has 0 unspecified atom stereocenters. The van der Waals surface area contributed by atoms with E-state index < -0.39 is 11.4 Å². The van der Waals surface area contributed by atoms with Gasteiger partial charge in [0.05, 0.1) is 11.2 Å². The van der Waals surface area contributed by atoms with E-state index in [9.17, 15) is 9.59 Å². The summed E-state index contributed by atoms with van der Waals surface area (Å²) in [6.07, 6.45) is 0. The van der Waals surface area contributed by atoms with Gasteiger partial charge in [-0.15, -0.1) is 11.8 Å². The maximum Gasteiger partial charge on any atom is 0.310 e. The molecule has 4 nitrogen and oxygen atoms in total. The molecule has 0 aromatic heterocycles. The number of nitrogens with one attached hydrogen (secondary N) is 1. The molecular formula is C13H16ClNO3S. The molecule has 104 valence electrons. The van der Waals surface area contributed by atoms with Crippen LogP contribution in [-0.2, 0) is 9.59 Å². The monoisotopic (exact) mass is 301 g/mol. The summed E-state index contributed by atoms with van der Waals surface area (Å²) in [6.45, 7) is 3.26. The van der Waals surface area contributed by atoms with Gasteiger partial charge in [-0.05, 0) is 38.1 Å². The van der Waals surface area contributed by atoms with Crippen LogP contribution in [0.2, 0.25) is 5.02 Å². The quantitative estimate of drug-likeness (QED) is 0.793. The van der Waals surface area contributed by atoms with Crippen LogP contribution < -0.4 is 5.32 Å². The Labute approximate surface area is 121 Å². The largest absolute Gasteiger partial charge is 0.481 e. The first-order chi connectivity index (χ1) is 8.81. The van der Waals surface area contributed by atoms with Crippen LogP contribution in [0, 0.1) is 5.41 Å². The molecule has 0 radical (unpaired) electrons. The number of thioether (sulfide) groups is 1. The van der Waals surface area contributed by atoms with E-state index in [1.54, 1.807) is 26.0 Å². The summed E-state index contributed by atoms with van der Waals surface area (Å²) in [6, 6.07) is 7.19. The Kier molecular flexibility index (Phi) is 5.69. The Bertz CT molecular complexity index is 459. The van der Waals surface area contributed by atoms with Crippen LogP contribution in [0.3, 0.4) is 0 Å². The average Bonchev–Trinajstić information content (AvgIpc) is 2.35. The fraction of sp³-hybridized carbons (Fsp3) is 0.385. The number of halogens is 1. The highest BCUT2D eigenvalue weighted by Gasteiger charge is 2.27. The molecule has 1 aromatic carbocycles. The summed E-state index contributed by atoms with van der Waals surface area (Å²) < 4.78 is 0. The highest BCUT2D eigenvalue weighted by atomic mass is 35.5. The van der Waals surface area contributed by atoms with Crippen molar-refractivity contribution in [1.29, 1.82) is 0 Å². The molecule has 0 aliphatic rings. The zero-order valence-corrected chi connectivity index (χ0v) is 12.3. The van der Waals surface area contributed by atoms with Crippen LogP contribution >= 0.6 is 23.4 Å². The van der Waals surface area contributed by atoms with E-state index in [1.807, 2.05) is 12.1 Å². The SMILES string of the molecule is CC(C)(CNC(=O)CSc1ccc(Cl)cc1)C(=O)O. The number of hydrogen-bond acceptors (Lipinski definition) is 3. The van der Waals surface area contributed by atoms with Gasteiger partial charge in [0.15, 0.2) is 0 Å². The molecule has 1 rings (SSSR count). The number of carboxylic acids is 1. The summed E-state index contributed by atoms with van der Waals surface area (Å²) in [7, 11) is 0. The molecule has 19 heavy (non-hydrogen) atoms. The number of rotatable bonds is 6. The molecule has 2 N–H and O–H groups in total. The number of hydrogen-bond donors (Lipinski definition) is 2. The summed E-state index contributed by atoms with van der Waals surface area (Å²) in [4.78, 5) is 23.4. The molecule has 0 aliphatic carbocycles. The van der Waals surface area contributed by atoms with Crippen molar-refractivity contribution in [2.45, 2.75) is 18.7 Å². The van der Waals surface area contributed by atoms with E-state index in [2.05, 4.69) is 5.32 Å². The fourth-order valence-electron chi connectivity index (χ4n) is 1.13. The summed E-state index contributed by atoms with van der Waals surface area (Å²) in [5.74, 6) is -0.871. The van der Waals surface area contributed by atoms with Crippen molar-refractivity contribution in [2.75, 3.05) is 12.3 Å². The lowest BCUT2D eigenvalue weighted by atomic mass is 9.94. The number of carbonyl (C=O) groups excluding carboxylic acids is 1. The maximum absolute atomic E-state index is 11.6. The second-order valence-electron chi connectivity index (χ2n) is 4.71. The minimum Gasteiger partial charge on any atom is -0.481 e. The van der Waals surface area contributed by atoms with Crippen molar-refractivity contribution in [3.63, 3.8) is 0 Å². The van der Waals surface area contributed by atoms with Crippen molar-refractivity contribution in [3.05, 3.63) is 29.3 Å². The molecule has 6 heteroatoms. The second kappa shape index (κ2) is 6.82. The zero-order chi connectivity index (χ0) is 14.5. The Hall–Kier alpha value is -1.20. The van der Waals surface area contributed by atoms with Crippen molar-refractivity contribution < 1.29 is 14.7 Å². The smallest absolute Gasteiger partial charge is 0.310 e. The van der Waals surface area contributed by atoms with Crippen LogP contribution in [0.25, 0.3) is 0 Å². The Morgan fingerprint density at radius 2 is 1.89 bits per heavy atom. The molecule has 1 amide bonds. The topological polar surface area (TPSA) is 66.4 Å². The van der Waals surface area contributed by atoms with Crippen molar-refractivity contribution in [2.24, 2.45) is 5.41 Å². The highest BCUT2D eigenvalue weighted by Crippen LogP contribution is 2.20.